The molecule has 2 aromatic carbocycles. The van der Waals surface area contributed by atoms with Crippen LogP contribution in [-0.4, -0.2) is 53.9 Å². The van der Waals surface area contributed by atoms with Crippen molar-refractivity contribution in [3.05, 3.63) is 79.2 Å². The van der Waals surface area contributed by atoms with E-state index in [1.807, 2.05) is 0 Å². The summed E-state index contributed by atoms with van der Waals surface area (Å²) in [6, 6.07) is 8.34. The quantitative estimate of drug-likeness (QED) is 0.206. The maximum atomic E-state index is 13.8. The number of urea groups is 1. The molecule has 1 unspecified atom stereocenters. The fourth-order valence-electron chi connectivity index (χ4n) is 5.03. The van der Waals surface area contributed by atoms with Crippen LogP contribution >= 0.6 is 34.8 Å². The van der Waals surface area contributed by atoms with E-state index in [4.69, 9.17) is 34.8 Å². The molecule has 41 heavy (non-hydrogen) atoms. The summed E-state index contributed by atoms with van der Waals surface area (Å²) in [6.45, 7) is 5.05. The van der Waals surface area contributed by atoms with E-state index in [-0.39, 0.29) is 35.3 Å². The molecule has 15 heteroatoms. The van der Waals surface area contributed by atoms with Gasteiger partial charge in [0.1, 0.15) is 16.5 Å². The van der Waals surface area contributed by atoms with Gasteiger partial charge in [0.25, 0.3) is 11.6 Å². The van der Waals surface area contributed by atoms with Crippen LogP contribution in [-0.2, 0) is 20.1 Å². The van der Waals surface area contributed by atoms with Crippen LogP contribution in [0.5, 0.6) is 0 Å². The highest BCUT2D eigenvalue weighted by atomic mass is 35.5. The molecule has 3 amide bonds. The first kappa shape index (κ1) is 28.7. The zero-order chi connectivity index (χ0) is 29.6. The van der Waals surface area contributed by atoms with Crippen LogP contribution in [0.15, 0.2) is 42.6 Å². The van der Waals surface area contributed by atoms with Crippen LogP contribution in [0.2, 0.25) is 15.2 Å². The summed E-state index contributed by atoms with van der Waals surface area (Å²) in [5.41, 5.74) is 1.18. The molecule has 0 radical (unpaired) electrons. The number of carbonyl (C=O) groups excluding carboxylic acids is 2. The molecular formula is C26H25Cl3N8O4. The Morgan fingerprint density at radius 2 is 1.88 bits per heavy atom. The maximum Gasteiger partial charge on any atom is 0.319 e. The number of hydrogen-bond acceptors (Lipinski definition) is 6. The second kappa shape index (κ2) is 10.8. The first-order valence-corrected chi connectivity index (χ1v) is 13.6. The number of nitrogens with zero attached hydrogens (tertiary/aromatic N) is 6. The molecule has 1 atom stereocenters. The van der Waals surface area contributed by atoms with Crippen molar-refractivity contribution in [1.29, 1.82) is 0 Å². The molecule has 5 rings (SSSR count). The number of fused-ring (bicyclic) bond motifs is 1. The number of aromatic nitrogens is 4. The lowest BCUT2D eigenvalue weighted by Gasteiger charge is -2.54. The van der Waals surface area contributed by atoms with Crippen molar-refractivity contribution in [2.45, 2.75) is 33.0 Å². The number of rotatable bonds is 7. The van der Waals surface area contributed by atoms with E-state index in [0.29, 0.717) is 50.4 Å². The number of nitrogens with one attached hydrogen (secondary N) is 2. The summed E-state index contributed by atoms with van der Waals surface area (Å²) in [5, 5.41) is 26.1. The molecular weight excluding hydrogens is 595 g/mol. The van der Waals surface area contributed by atoms with Crippen molar-refractivity contribution in [3.63, 3.8) is 0 Å². The molecule has 3 heterocycles. The first-order valence-electron chi connectivity index (χ1n) is 12.5. The second-order valence-electron chi connectivity index (χ2n) is 10.5. The number of likely N-dealkylation sites (tertiary alicyclic amines) is 1. The zero-order valence-electron chi connectivity index (χ0n) is 22.2. The highest BCUT2D eigenvalue weighted by Crippen LogP contribution is 2.42. The number of carbonyl (C=O) groups is 2. The smallest absolute Gasteiger partial charge is 0.319 e. The van der Waals surface area contributed by atoms with Gasteiger partial charge < -0.3 is 20.1 Å². The molecule has 0 saturated carbocycles. The Morgan fingerprint density at radius 1 is 1.17 bits per heavy atom. The van der Waals surface area contributed by atoms with E-state index < -0.39 is 11.0 Å². The zero-order valence-corrected chi connectivity index (χ0v) is 24.5. The minimum Gasteiger partial charge on any atom is -0.334 e. The Labute approximate surface area is 249 Å². The summed E-state index contributed by atoms with van der Waals surface area (Å²) >= 11 is 19.1. The van der Waals surface area contributed by atoms with Gasteiger partial charge in [-0.1, -0.05) is 66.0 Å². The molecule has 4 aromatic rings. The fourth-order valence-corrected chi connectivity index (χ4v) is 5.63. The van der Waals surface area contributed by atoms with Gasteiger partial charge in [-0.05, 0) is 18.2 Å². The minimum absolute atomic E-state index is 0.0398. The van der Waals surface area contributed by atoms with Gasteiger partial charge in [0.05, 0.1) is 51.4 Å². The number of para-hydroxylation sites is 2. The largest absolute Gasteiger partial charge is 0.334 e. The highest BCUT2D eigenvalue weighted by Gasteiger charge is 2.49. The van der Waals surface area contributed by atoms with Crippen LogP contribution in [0.3, 0.4) is 0 Å². The molecule has 214 valence electrons. The van der Waals surface area contributed by atoms with Crippen molar-refractivity contribution in [1.82, 2.24) is 29.8 Å². The van der Waals surface area contributed by atoms with Crippen molar-refractivity contribution in [3.8, 4) is 0 Å². The van der Waals surface area contributed by atoms with Gasteiger partial charge in [0, 0.05) is 30.5 Å². The SMILES string of the molecule is Cn1c(Cl)c(C(=O)N2CC(C)(C)C2Cn2cc(CNC(=O)Nc3ccccc3[N+](=O)[O-])nn2)c2cc(Cl)c(Cl)cc21. The van der Waals surface area contributed by atoms with E-state index in [0.717, 1.165) is 0 Å². The Bertz CT molecular complexity index is 1700. The van der Waals surface area contributed by atoms with E-state index in [1.54, 1.807) is 45.6 Å². The molecule has 0 bridgehead atoms. The van der Waals surface area contributed by atoms with Crippen molar-refractivity contribution in [2.24, 2.45) is 12.5 Å². The van der Waals surface area contributed by atoms with Gasteiger partial charge in [0.15, 0.2) is 0 Å². The number of nitro benzene ring substituents is 1. The van der Waals surface area contributed by atoms with Crippen molar-refractivity contribution < 1.29 is 14.5 Å². The van der Waals surface area contributed by atoms with Crippen LogP contribution in [0, 0.1) is 15.5 Å². The maximum absolute atomic E-state index is 13.8. The summed E-state index contributed by atoms with van der Waals surface area (Å²) in [6.07, 6.45) is 1.68. The number of anilines is 1. The Hall–Kier alpha value is -3.87. The van der Waals surface area contributed by atoms with Gasteiger partial charge in [-0.2, -0.15) is 0 Å². The monoisotopic (exact) mass is 618 g/mol. The van der Waals surface area contributed by atoms with Crippen LogP contribution in [0.25, 0.3) is 10.9 Å². The number of nitro groups is 1. The highest BCUT2D eigenvalue weighted by molar-refractivity contribution is 6.43. The lowest BCUT2D eigenvalue weighted by molar-refractivity contribution is -0.383. The normalized spacial score (nSPS) is 16.0. The summed E-state index contributed by atoms with van der Waals surface area (Å²) < 4.78 is 3.32. The number of aryl methyl sites for hydroxylation is 1. The summed E-state index contributed by atoms with van der Waals surface area (Å²) in [7, 11) is 1.76. The van der Waals surface area contributed by atoms with Crippen LogP contribution in [0.1, 0.15) is 29.9 Å². The van der Waals surface area contributed by atoms with E-state index >= 15 is 0 Å². The predicted octanol–water partition coefficient (Wildman–Crippen LogP) is 5.51. The standard InChI is InChI=1S/C26H25Cl3N8O4/c1-26(2)13-36(24(38)22-15-8-16(27)17(28)9-20(15)34(3)23(22)29)21(26)12-35-11-14(32-33-35)10-30-25(39)31-18-6-4-5-7-19(18)37(40)41/h4-9,11,21H,10,12-13H2,1-3H3,(H2,30,31,39). The summed E-state index contributed by atoms with van der Waals surface area (Å²) in [4.78, 5) is 38.4. The van der Waals surface area contributed by atoms with Crippen molar-refractivity contribution >= 4 is 69.0 Å². The summed E-state index contributed by atoms with van der Waals surface area (Å²) in [5.74, 6) is -0.225. The Kier molecular flexibility index (Phi) is 7.58. The third kappa shape index (κ3) is 5.42. The number of amides is 3. The molecule has 1 aliphatic heterocycles. The van der Waals surface area contributed by atoms with E-state index in [1.165, 1.54) is 18.2 Å². The average Bonchev–Trinajstić information content (AvgIpc) is 3.47. The first-order chi connectivity index (χ1) is 19.4. The Morgan fingerprint density at radius 3 is 2.59 bits per heavy atom. The molecule has 1 fully saturated rings. The number of hydrogen-bond donors (Lipinski definition) is 2. The molecule has 2 aromatic heterocycles. The third-order valence-corrected chi connectivity index (χ3v) is 8.39. The Balaban J connectivity index is 1.27. The molecule has 0 spiro atoms. The molecule has 1 aliphatic rings. The number of benzene rings is 2. The van der Waals surface area contributed by atoms with Gasteiger partial charge in [-0.25, -0.2) is 4.79 Å². The van der Waals surface area contributed by atoms with Crippen LogP contribution in [0.4, 0.5) is 16.2 Å². The van der Waals surface area contributed by atoms with Gasteiger partial charge in [-0.15, -0.1) is 5.10 Å². The lowest BCUT2D eigenvalue weighted by Crippen LogP contribution is -2.65. The molecule has 1 saturated heterocycles. The average molecular weight is 620 g/mol. The van der Waals surface area contributed by atoms with Gasteiger partial charge >= 0.3 is 6.03 Å². The molecule has 2 N–H and O–H groups in total. The molecule has 0 aliphatic carbocycles. The van der Waals surface area contributed by atoms with Crippen molar-refractivity contribution in [2.75, 3.05) is 11.9 Å². The lowest BCUT2D eigenvalue weighted by atomic mass is 9.74. The van der Waals surface area contributed by atoms with E-state index in [9.17, 15) is 19.7 Å². The predicted molar refractivity (Wildman–Crippen MR) is 156 cm³/mol. The fraction of sp³-hybridized carbons (Fsp3) is 0.308. The van der Waals surface area contributed by atoms with Gasteiger partial charge in [-0.3, -0.25) is 19.6 Å². The molecule has 12 nitrogen and oxygen atoms in total. The number of halogens is 3. The second-order valence-corrected chi connectivity index (χ2v) is 11.6. The van der Waals surface area contributed by atoms with E-state index in [2.05, 4.69) is 34.8 Å². The van der Waals surface area contributed by atoms with Gasteiger partial charge in [0.2, 0.25) is 0 Å². The topological polar surface area (TPSA) is 140 Å². The third-order valence-electron chi connectivity index (χ3n) is 7.23. The van der Waals surface area contributed by atoms with Crippen LogP contribution < -0.4 is 10.6 Å². The minimum atomic E-state index is -0.626.